The van der Waals surface area contributed by atoms with E-state index in [1.165, 1.54) is 6.07 Å². The lowest BCUT2D eigenvalue weighted by Gasteiger charge is -2.22. The van der Waals surface area contributed by atoms with Crippen LogP contribution in [0.3, 0.4) is 0 Å². The molecule has 1 aliphatic heterocycles. The average molecular weight is 287 g/mol. The van der Waals surface area contributed by atoms with E-state index in [0.717, 1.165) is 25.8 Å². The van der Waals surface area contributed by atoms with Crippen LogP contribution in [0.1, 0.15) is 24.8 Å². The summed E-state index contributed by atoms with van der Waals surface area (Å²) in [5.74, 6) is -0.173. The first-order valence-electron chi connectivity index (χ1n) is 6.52. The molecule has 1 heterocycles. The van der Waals surface area contributed by atoms with Gasteiger partial charge in [-0.05, 0) is 37.4 Å². The highest BCUT2D eigenvalue weighted by Crippen LogP contribution is 2.08. The second kappa shape index (κ2) is 8.12. The number of hydrogen-bond acceptors (Lipinski definition) is 2. The number of carbonyl (C=O) groups is 1. The van der Waals surface area contributed by atoms with E-state index in [0.29, 0.717) is 18.5 Å². The van der Waals surface area contributed by atoms with Crippen molar-refractivity contribution in [2.45, 2.75) is 31.7 Å². The summed E-state index contributed by atoms with van der Waals surface area (Å²) in [7, 11) is 0. The largest absolute Gasteiger partial charge is 0.354 e. The maximum atomic E-state index is 13.3. The van der Waals surface area contributed by atoms with E-state index in [1.54, 1.807) is 12.1 Å². The minimum absolute atomic E-state index is 0. The van der Waals surface area contributed by atoms with Crippen molar-refractivity contribution in [2.75, 3.05) is 13.1 Å². The second-order valence-corrected chi connectivity index (χ2v) is 4.63. The lowest BCUT2D eigenvalue weighted by molar-refractivity contribution is -0.123. The van der Waals surface area contributed by atoms with Crippen molar-refractivity contribution < 1.29 is 9.18 Å². The monoisotopic (exact) mass is 286 g/mol. The maximum absolute atomic E-state index is 13.3. The molecule has 1 saturated heterocycles. The minimum Gasteiger partial charge on any atom is -0.354 e. The molecule has 1 atom stereocenters. The van der Waals surface area contributed by atoms with Crippen molar-refractivity contribution in [3.05, 3.63) is 35.6 Å². The first-order chi connectivity index (χ1) is 8.77. The summed E-state index contributed by atoms with van der Waals surface area (Å²) in [6.45, 7) is 1.39. The van der Waals surface area contributed by atoms with Gasteiger partial charge >= 0.3 is 0 Å². The molecule has 106 valence electrons. The molecule has 19 heavy (non-hydrogen) atoms. The minimum atomic E-state index is -0.206. The third kappa shape index (κ3) is 4.80. The Labute approximate surface area is 119 Å². The van der Waals surface area contributed by atoms with E-state index in [2.05, 4.69) is 10.6 Å². The van der Waals surface area contributed by atoms with Crippen LogP contribution in [0.25, 0.3) is 0 Å². The number of rotatable bonds is 4. The van der Waals surface area contributed by atoms with Gasteiger partial charge in [-0.2, -0.15) is 0 Å². The summed E-state index contributed by atoms with van der Waals surface area (Å²) in [6, 6.07) is 6.60. The van der Waals surface area contributed by atoms with Crippen LogP contribution in [0.4, 0.5) is 4.39 Å². The van der Waals surface area contributed by atoms with Gasteiger partial charge < -0.3 is 10.6 Å². The van der Waals surface area contributed by atoms with Gasteiger partial charge in [0, 0.05) is 6.54 Å². The standard InChI is InChI=1S/C14H19FN2O.ClH/c15-12-6-2-1-5-11(12)8-10-17-14(18)13-7-3-4-9-16-13;/h1-2,5-6,13,16H,3-4,7-10H2,(H,17,18);1H. The van der Waals surface area contributed by atoms with Crippen molar-refractivity contribution in [1.82, 2.24) is 10.6 Å². The number of hydrogen-bond donors (Lipinski definition) is 2. The van der Waals surface area contributed by atoms with Crippen LogP contribution in [-0.4, -0.2) is 25.0 Å². The van der Waals surface area contributed by atoms with E-state index in [1.807, 2.05) is 6.07 Å². The van der Waals surface area contributed by atoms with Crippen LogP contribution >= 0.6 is 12.4 Å². The Kier molecular flexibility index (Phi) is 6.81. The Morgan fingerprint density at radius 2 is 2.16 bits per heavy atom. The van der Waals surface area contributed by atoms with Gasteiger partial charge in [0.25, 0.3) is 0 Å². The highest BCUT2D eigenvalue weighted by atomic mass is 35.5. The molecule has 2 rings (SSSR count). The summed E-state index contributed by atoms with van der Waals surface area (Å²) in [5.41, 5.74) is 0.648. The first kappa shape index (κ1) is 15.9. The van der Waals surface area contributed by atoms with E-state index < -0.39 is 0 Å². The van der Waals surface area contributed by atoms with E-state index >= 15 is 0 Å². The molecule has 0 radical (unpaired) electrons. The second-order valence-electron chi connectivity index (χ2n) is 4.63. The Balaban J connectivity index is 0.00000180. The molecule has 0 spiro atoms. The number of piperidine rings is 1. The molecule has 2 N–H and O–H groups in total. The highest BCUT2D eigenvalue weighted by molar-refractivity contribution is 5.85. The Morgan fingerprint density at radius 3 is 2.84 bits per heavy atom. The average Bonchev–Trinajstić information content (AvgIpc) is 2.42. The van der Waals surface area contributed by atoms with Gasteiger partial charge in [0.05, 0.1) is 6.04 Å². The van der Waals surface area contributed by atoms with Crippen molar-refractivity contribution in [1.29, 1.82) is 0 Å². The van der Waals surface area contributed by atoms with Gasteiger partial charge in [-0.15, -0.1) is 12.4 Å². The fourth-order valence-electron chi connectivity index (χ4n) is 2.22. The topological polar surface area (TPSA) is 41.1 Å². The Morgan fingerprint density at radius 1 is 1.37 bits per heavy atom. The zero-order valence-electron chi connectivity index (χ0n) is 10.8. The third-order valence-corrected chi connectivity index (χ3v) is 3.28. The number of nitrogens with one attached hydrogen (secondary N) is 2. The number of halogens is 2. The van der Waals surface area contributed by atoms with Gasteiger partial charge in [0.15, 0.2) is 0 Å². The lowest BCUT2D eigenvalue weighted by Crippen LogP contribution is -2.47. The molecule has 0 aromatic heterocycles. The molecule has 5 heteroatoms. The fraction of sp³-hybridized carbons (Fsp3) is 0.500. The molecule has 3 nitrogen and oxygen atoms in total. The molecular formula is C14H20ClFN2O. The van der Waals surface area contributed by atoms with Crippen LogP contribution in [-0.2, 0) is 11.2 Å². The SMILES string of the molecule is Cl.O=C(NCCc1ccccc1F)C1CCCCN1. The molecule has 1 amide bonds. The highest BCUT2D eigenvalue weighted by Gasteiger charge is 2.19. The predicted molar refractivity (Wildman–Crippen MR) is 76.0 cm³/mol. The molecule has 1 aliphatic rings. The van der Waals surface area contributed by atoms with Crippen molar-refractivity contribution in [3.63, 3.8) is 0 Å². The summed E-state index contributed by atoms with van der Waals surface area (Å²) < 4.78 is 13.3. The van der Waals surface area contributed by atoms with Gasteiger partial charge in [-0.1, -0.05) is 24.6 Å². The van der Waals surface area contributed by atoms with Gasteiger partial charge in [0.1, 0.15) is 5.82 Å². The third-order valence-electron chi connectivity index (χ3n) is 3.28. The molecule has 0 bridgehead atoms. The molecule has 1 unspecified atom stereocenters. The predicted octanol–water partition coefficient (Wildman–Crippen LogP) is 2.05. The van der Waals surface area contributed by atoms with Crippen molar-refractivity contribution in [3.8, 4) is 0 Å². The number of carbonyl (C=O) groups excluding carboxylic acids is 1. The molecule has 1 aromatic rings. The molecule has 0 aliphatic carbocycles. The quantitative estimate of drug-likeness (QED) is 0.889. The van der Waals surface area contributed by atoms with E-state index in [4.69, 9.17) is 0 Å². The molecule has 1 fully saturated rings. The summed E-state index contributed by atoms with van der Waals surface area (Å²) >= 11 is 0. The lowest BCUT2D eigenvalue weighted by atomic mass is 10.0. The van der Waals surface area contributed by atoms with Gasteiger partial charge in [0.2, 0.25) is 5.91 Å². The fourth-order valence-corrected chi connectivity index (χ4v) is 2.22. The number of benzene rings is 1. The van der Waals surface area contributed by atoms with Gasteiger partial charge in [-0.3, -0.25) is 4.79 Å². The normalized spacial score (nSPS) is 18.5. The van der Waals surface area contributed by atoms with Crippen LogP contribution < -0.4 is 10.6 Å². The van der Waals surface area contributed by atoms with Crippen LogP contribution in [0.5, 0.6) is 0 Å². The maximum Gasteiger partial charge on any atom is 0.237 e. The zero-order chi connectivity index (χ0) is 12.8. The van der Waals surface area contributed by atoms with E-state index in [9.17, 15) is 9.18 Å². The Hall–Kier alpha value is -1.13. The molecule has 0 saturated carbocycles. The van der Waals surface area contributed by atoms with Crippen LogP contribution in [0.2, 0.25) is 0 Å². The number of amides is 1. The molecular weight excluding hydrogens is 267 g/mol. The Bertz CT molecular complexity index is 408. The van der Waals surface area contributed by atoms with Crippen LogP contribution in [0.15, 0.2) is 24.3 Å². The summed E-state index contributed by atoms with van der Waals surface area (Å²) in [6.07, 6.45) is 3.66. The summed E-state index contributed by atoms with van der Waals surface area (Å²) in [5, 5.41) is 6.05. The van der Waals surface area contributed by atoms with E-state index in [-0.39, 0.29) is 30.2 Å². The van der Waals surface area contributed by atoms with Gasteiger partial charge in [-0.25, -0.2) is 4.39 Å². The van der Waals surface area contributed by atoms with Crippen LogP contribution in [0, 0.1) is 5.82 Å². The smallest absolute Gasteiger partial charge is 0.237 e. The first-order valence-corrected chi connectivity index (χ1v) is 6.52. The van der Waals surface area contributed by atoms with Crippen molar-refractivity contribution in [2.24, 2.45) is 0 Å². The zero-order valence-corrected chi connectivity index (χ0v) is 11.6. The summed E-state index contributed by atoms with van der Waals surface area (Å²) in [4.78, 5) is 11.8. The van der Waals surface area contributed by atoms with Crippen molar-refractivity contribution >= 4 is 18.3 Å². The molecule has 1 aromatic carbocycles.